The maximum absolute atomic E-state index is 12.7. The van der Waals surface area contributed by atoms with Gasteiger partial charge in [0.15, 0.2) is 5.78 Å². The molecule has 0 aromatic carbocycles. The minimum absolute atomic E-state index is 0.0424. The Bertz CT molecular complexity index is 302. The number of ketones is 1. The van der Waals surface area contributed by atoms with Crippen LogP contribution in [-0.2, 0) is 4.79 Å². The van der Waals surface area contributed by atoms with Crippen molar-refractivity contribution < 1.29 is 4.79 Å². The molecule has 2 aliphatic rings. The Balaban J connectivity index is 1.92. The number of Topliss-reactive ketones (excluding diaryl/α,β-unsaturated/α-hetero) is 1. The monoisotopic (exact) mass is 268 g/mol. The fourth-order valence-corrected chi connectivity index (χ4v) is 4.96. The van der Waals surface area contributed by atoms with Crippen LogP contribution in [0.3, 0.4) is 0 Å². The average molecular weight is 268 g/mol. The van der Waals surface area contributed by atoms with Gasteiger partial charge in [0.2, 0.25) is 0 Å². The highest BCUT2D eigenvalue weighted by molar-refractivity contribution is 8.01. The number of carbonyl (C=O) groups excluding carboxylic acids is 1. The second kappa shape index (κ2) is 5.19. The molecule has 0 N–H and O–H groups in total. The van der Waals surface area contributed by atoms with E-state index in [1.54, 1.807) is 0 Å². The molecular formula is C16H28OS. The first-order valence-corrected chi connectivity index (χ1v) is 8.50. The summed E-state index contributed by atoms with van der Waals surface area (Å²) in [5.74, 6) is 2.92. The van der Waals surface area contributed by atoms with Crippen LogP contribution in [0.15, 0.2) is 0 Å². The molecule has 2 rings (SSSR count). The van der Waals surface area contributed by atoms with Crippen LogP contribution in [0.5, 0.6) is 0 Å². The SMILES string of the molecule is CC1(C(=O)C2CCC(C(C)(C)C)CC2)CCCS1. The fraction of sp³-hybridized carbons (Fsp3) is 0.938. The van der Waals surface area contributed by atoms with Crippen molar-refractivity contribution in [3.05, 3.63) is 0 Å². The first-order valence-electron chi connectivity index (χ1n) is 7.51. The lowest BCUT2D eigenvalue weighted by Gasteiger charge is -2.38. The molecular weight excluding hydrogens is 240 g/mol. The summed E-state index contributed by atoms with van der Waals surface area (Å²) < 4.78 is -0.0424. The Hall–Kier alpha value is 0.0200. The summed E-state index contributed by atoms with van der Waals surface area (Å²) in [7, 11) is 0. The molecule has 2 heteroatoms. The second-order valence-electron chi connectivity index (χ2n) is 7.46. The molecule has 1 aliphatic carbocycles. The highest BCUT2D eigenvalue weighted by atomic mass is 32.2. The Morgan fingerprint density at radius 1 is 1.17 bits per heavy atom. The van der Waals surface area contributed by atoms with Crippen LogP contribution in [-0.4, -0.2) is 16.3 Å². The molecule has 1 heterocycles. The molecule has 0 aromatic heterocycles. The zero-order valence-electron chi connectivity index (χ0n) is 12.4. The minimum Gasteiger partial charge on any atom is -0.298 e. The van der Waals surface area contributed by atoms with Crippen LogP contribution >= 0.6 is 11.8 Å². The van der Waals surface area contributed by atoms with Gasteiger partial charge in [0.1, 0.15) is 0 Å². The Morgan fingerprint density at radius 2 is 1.78 bits per heavy atom. The predicted octanol–water partition coefficient (Wildman–Crippen LogP) is 4.69. The molecule has 1 nitrogen and oxygen atoms in total. The van der Waals surface area contributed by atoms with E-state index in [1.807, 2.05) is 11.8 Å². The van der Waals surface area contributed by atoms with E-state index in [0.717, 1.165) is 25.2 Å². The van der Waals surface area contributed by atoms with Crippen molar-refractivity contribution in [2.75, 3.05) is 5.75 Å². The van der Waals surface area contributed by atoms with E-state index in [1.165, 1.54) is 25.0 Å². The van der Waals surface area contributed by atoms with E-state index in [0.29, 0.717) is 17.1 Å². The van der Waals surface area contributed by atoms with Gasteiger partial charge in [-0.3, -0.25) is 4.79 Å². The van der Waals surface area contributed by atoms with Crippen molar-refractivity contribution in [2.45, 2.75) is 71.0 Å². The number of rotatable bonds is 2. The second-order valence-corrected chi connectivity index (χ2v) is 9.06. The molecule has 1 saturated carbocycles. The summed E-state index contributed by atoms with van der Waals surface area (Å²) in [6.45, 7) is 9.21. The average Bonchev–Trinajstić information content (AvgIpc) is 2.75. The van der Waals surface area contributed by atoms with E-state index in [2.05, 4.69) is 27.7 Å². The summed E-state index contributed by atoms with van der Waals surface area (Å²) in [5.41, 5.74) is 0.417. The standard InChI is InChI=1S/C16H28OS/c1-15(2,3)13-8-6-12(7-9-13)14(17)16(4)10-5-11-18-16/h12-13H,5-11H2,1-4H3. The van der Waals surface area contributed by atoms with Gasteiger partial charge in [0.05, 0.1) is 4.75 Å². The molecule has 0 bridgehead atoms. The van der Waals surface area contributed by atoms with Gasteiger partial charge in [-0.05, 0) is 62.5 Å². The molecule has 0 radical (unpaired) electrons. The lowest BCUT2D eigenvalue weighted by Crippen LogP contribution is -2.38. The highest BCUT2D eigenvalue weighted by Crippen LogP contribution is 2.45. The van der Waals surface area contributed by atoms with E-state index >= 15 is 0 Å². The largest absolute Gasteiger partial charge is 0.298 e. The zero-order chi connectivity index (χ0) is 13.4. The molecule has 0 spiro atoms. The van der Waals surface area contributed by atoms with Gasteiger partial charge in [-0.2, -0.15) is 0 Å². The summed E-state index contributed by atoms with van der Waals surface area (Å²) >= 11 is 1.90. The van der Waals surface area contributed by atoms with Crippen LogP contribution < -0.4 is 0 Å². The molecule has 1 atom stereocenters. The van der Waals surface area contributed by atoms with Gasteiger partial charge in [-0.25, -0.2) is 0 Å². The van der Waals surface area contributed by atoms with Gasteiger partial charge in [-0.15, -0.1) is 11.8 Å². The lowest BCUT2D eigenvalue weighted by molar-refractivity contribution is -0.126. The zero-order valence-corrected chi connectivity index (χ0v) is 13.2. The number of thioether (sulfide) groups is 1. The van der Waals surface area contributed by atoms with Crippen LogP contribution in [0, 0.1) is 17.3 Å². The smallest absolute Gasteiger partial charge is 0.151 e. The quantitative estimate of drug-likeness (QED) is 0.722. The lowest BCUT2D eigenvalue weighted by atomic mass is 9.68. The summed E-state index contributed by atoms with van der Waals surface area (Å²) in [5, 5.41) is 0. The molecule has 18 heavy (non-hydrogen) atoms. The highest BCUT2D eigenvalue weighted by Gasteiger charge is 2.42. The van der Waals surface area contributed by atoms with Crippen molar-refractivity contribution in [3.8, 4) is 0 Å². The van der Waals surface area contributed by atoms with Crippen molar-refractivity contribution in [2.24, 2.45) is 17.3 Å². The van der Waals surface area contributed by atoms with Gasteiger partial charge >= 0.3 is 0 Å². The van der Waals surface area contributed by atoms with E-state index in [4.69, 9.17) is 0 Å². The van der Waals surface area contributed by atoms with E-state index in [9.17, 15) is 4.79 Å². The minimum atomic E-state index is -0.0424. The van der Waals surface area contributed by atoms with Crippen molar-refractivity contribution in [3.63, 3.8) is 0 Å². The third-order valence-electron chi connectivity index (χ3n) is 5.06. The normalized spacial score (nSPS) is 37.8. The molecule has 2 fully saturated rings. The molecule has 104 valence electrons. The van der Waals surface area contributed by atoms with E-state index in [-0.39, 0.29) is 4.75 Å². The maximum Gasteiger partial charge on any atom is 0.151 e. The van der Waals surface area contributed by atoms with Crippen molar-refractivity contribution >= 4 is 17.5 Å². The Morgan fingerprint density at radius 3 is 2.22 bits per heavy atom. The third-order valence-corrected chi connectivity index (χ3v) is 6.60. The Kier molecular flexibility index (Phi) is 4.16. The van der Waals surface area contributed by atoms with Crippen molar-refractivity contribution in [1.29, 1.82) is 0 Å². The summed E-state index contributed by atoms with van der Waals surface area (Å²) in [4.78, 5) is 12.7. The van der Waals surface area contributed by atoms with E-state index < -0.39 is 0 Å². The number of hydrogen-bond acceptors (Lipinski definition) is 2. The van der Waals surface area contributed by atoms with Crippen LogP contribution in [0.1, 0.15) is 66.2 Å². The fourth-order valence-electron chi connectivity index (χ4n) is 3.63. The molecule has 1 saturated heterocycles. The van der Waals surface area contributed by atoms with Gasteiger partial charge < -0.3 is 0 Å². The molecule has 0 aromatic rings. The molecule has 1 unspecified atom stereocenters. The maximum atomic E-state index is 12.7. The van der Waals surface area contributed by atoms with Crippen LogP contribution in [0.2, 0.25) is 0 Å². The van der Waals surface area contributed by atoms with Crippen LogP contribution in [0.4, 0.5) is 0 Å². The third kappa shape index (κ3) is 2.95. The molecule has 1 aliphatic heterocycles. The predicted molar refractivity (Wildman–Crippen MR) is 80.0 cm³/mol. The first-order chi connectivity index (χ1) is 8.33. The van der Waals surface area contributed by atoms with Gasteiger partial charge in [0, 0.05) is 5.92 Å². The number of hydrogen-bond donors (Lipinski definition) is 0. The first kappa shape index (κ1) is 14.4. The topological polar surface area (TPSA) is 17.1 Å². The molecule has 0 amide bonds. The van der Waals surface area contributed by atoms with Crippen molar-refractivity contribution in [1.82, 2.24) is 0 Å². The summed E-state index contributed by atoms with van der Waals surface area (Å²) in [6, 6.07) is 0. The van der Waals surface area contributed by atoms with Gasteiger partial charge in [0.25, 0.3) is 0 Å². The Labute approximate surface area is 116 Å². The summed E-state index contributed by atoms with van der Waals surface area (Å²) in [6.07, 6.45) is 7.11. The van der Waals surface area contributed by atoms with Gasteiger partial charge in [-0.1, -0.05) is 20.8 Å². The number of carbonyl (C=O) groups is 1. The van der Waals surface area contributed by atoms with Crippen LogP contribution in [0.25, 0.3) is 0 Å².